The summed E-state index contributed by atoms with van der Waals surface area (Å²) in [6.07, 6.45) is 3.98. The van der Waals surface area contributed by atoms with Gasteiger partial charge in [-0.25, -0.2) is 4.57 Å². The first-order chi connectivity index (χ1) is 6.84. The summed E-state index contributed by atoms with van der Waals surface area (Å²) in [5, 5.41) is 0. The van der Waals surface area contributed by atoms with Crippen LogP contribution >= 0.6 is 0 Å². The van der Waals surface area contributed by atoms with E-state index in [2.05, 4.69) is 16.7 Å². The molecule has 0 spiro atoms. The molecule has 1 aromatic carbocycles. The van der Waals surface area contributed by atoms with Crippen LogP contribution in [0, 0.1) is 0 Å². The molecule has 70 valence electrons. The molecule has 0 saturated carbocycles. The van der Waals surface area contributed by atoms with Crippen LogP contribution in [0.25, 0.3) is 0 Å². The molecule has 0 amide bonds. The summed E-state index contributed by atoms with van der Waals surface area (Å²) in [6, 6.07) is 14.2. The number of hydrogen-bond donors (Lipinski definition) is 1. The highest BCUT2D eigenvalue weighted by atomic mass is 14.9. The fourth-order valence-corrected chi connectivity index (χ4v) is 1.37. The van der Waals surface area contributed by atoms with Crippen molar-refractivity contribution in [1.29, 1.82) is 0 Å². The van der Waals surface area contributed by atoms with Gasteiger partial charge in [-0.15, -0.1) is 0 Å². The first-order valence-electron chi connectivity index (χ1n) is 4.63. The second-order valence-corrected chi connectivity index (χ2v) is 3.29. The number of hydrogen-bond acceptors (Lipinski definition) is 1. The number of nitrogens with two attached hydrogens (primary N) is 1. The lowest BCUT2D eigenvalue weighted by Gasteiger charge is -1.97. The summed E-state index contributed by atoms with van der Waals surface area (Å²) >= 11 is 0. The van der Waals surface area contributed by atoms with Gasteiger partial charge in [0.2, 0.25) is 0 Å². The Balaban J connectivity index is 2.16. The van der Waals surface area contributed by atoms with Crippen LogP contribution in [0.2, 0.25) is 0 Å². The van der Waals surface area contributed by atoms with E-state index in [9.17, 15) is 0 Å². The molecule has 0 unspecified atom stereocenters. The minimum Gasteiger partial charge on any atom is -0.398 e. The SMILES string of the molecule is Nc1cc[n+](Cc2ccccc2)cc1. The molecule has 2 heteroatoms. The highest BCUT2D eigenvalue weighted by molar-refractivity contribution is 5.32. The van der Waals surface area contributed by atoms with E-state index in [1.54, 1.807) is 0 Å². The maximum absolute atomic E-state index is 5.61. The molecular weight excluding hydrogens is 172 g/mol. The minimum atomic E-state index is 0.800. The lowest BCUT2D eigenvalue weighted by molar-refractivity contribution is -0.688. The smallest absolute Gasteiger partial charge is 0.173 e. The van der Waals surface area contributed by atoms with Crippen LogP contribution in [0.1, 0.15) is 5.56 Å². The topological polar surface area (TPSA) is 29.9 Å². The number of pyridine rings is 1. The molecule has 0 fully saturated rings. The Labute approximate surface area is 83.6 Å². The van der Waals surface area contributed by atoms with Crippen LogP contribution < -0.4 is 10.3 Å². The summed E-state index contributed by atoms with van der Waals surface area (Å²) in [7, 11) is 0. The molecule has 0 aliphatic rings. The molecule has 0 saturated heterocycles. The summed E-state index contributed by atoms with van der Waals surface area (Å²) < 4.78 is 2.10. The third-order valence-corrected chi connectivity index (χ3v) is 2.12. The maximum Gasteiger partial charge on any atom is 0.173 e. The molecule has 0 aliphatic heterocycles. The molecule has 2 rings (SSSR count). The Hall–Kier alpha value is -1.83. The second-order valence-electron chi connectivity index (χ2n) is 3.29. The van der Waals surface area contributed by atoms with Gasteiger partial charge < -0.3 is 5.73 Å². The fourth-order valence-electron chi connectivity index (χ4n) is 1.37. The molecule has 2 nitrogen and oxygen atoms in total. The number of benzene rings is 1. The van der Waals surface area contributed by atoms with Gasteiger partial charge in [0.05, 0.1) is 0 Å². The Morgan fingerprint density at radius 3 is 2.21 bits per heavy atom. The van der Waals surface area contributed by atoms with Crippen molar-refractivity contribution in [2.45, 2.75) is 6.54 Å². The lowest BCUT2D eigenvalue weighted by atomic mass is 10.2. The van der Waals surface area contributed by atoms with Gasteiger partial charge >= 0.3 is 0 Å². The third-order valence-electron chi connectivity index (χ3n) is 2.12. The average Bonchev–Trinajstić information content (AvgIpc) is 2.23. The Kier molecular flexibility index (Phi) is 2.45. The molecule has 0 bridgehead atoms. The predicted octanol–water partition coefficient (Wildman–Crippen LogP) is 1.60. The van der Waals surface area contributed by atoms with Crippen molar-refractivity contribution in [3.05, 3.63) is 60.4 Å². The van der Waals surface area contributed by atoms with Crippen LogP contribution in [-0.2, 0) is 6.54 Å². The van der Waals surface area contributed by atoms with E-state index in [4.69, 9.17) is 5.73 Å². The zero-order chi connectivity index (χ0) is 9.80. The van der Waals surface area contributed by atoms with Crippen molar-refractivity contribution in [2.24, 2.45) is 0 Å². The maximum atomic E-state index is 5.61. The van der Waals surface area contributed by atoms with E-state index < -0.39 is 0 Å². The second kappa shape index (κ2) is 3.92. The normalized spacial score (nSPS) is 10.0. The summed E-state index contributed by atoms with van der Waals surface area (Å²) in [5.41, 5.74) is 7.70. The van der Waals surface area contributed by atoms with Gasteiger partial charge in [-0.05, 0) is 0 Å². The van der Waals surface area contributed by atoms with E-state index in [1.807, 2.05) is 42.7 Å². The van der Waals surface area contributed by atoms with E-state index in [0.29, 0.717) is 0 Å². The molecule has 1 aromatic heterocycles. The molecule has 0 radical (unpaired) electrons. The van der Waals surface area contributed by atoms with Gasteiger partial charge in [0, 0.05) is 23.4 Å². The highest BCUT2D eigenvalue weighted by Gasteiger charge is 2.00. The summed E-state index contributed by atoms with van der Waals surface area (Å²) in [6.45, 7) is 0.890. The van der Waals surface area contributed by atoms with Gasteiger partial charge in [0.25, 0.3) is 0 Å². The Bertz CT molecular complexity index is 392. The van der Waals surface area contributed by atoms with Crippen molar-refractivity contribution in [3.8, 4) is 0 Å². The van der Waals surface area contributed by atoms with Crippen LogP contribution in [0.15, 0.2) is 54.9 Å². The van der Waals surface area contributed by atoms with Crippen molar-refractivity contribution in [2.75, 3.05) is 5.73 Å². The lowest BCUT2D eigenvalue weighted by Crippen LogP contribution is -2.33. The number of nitrogens with zero attached hydrogens (tertiary/aromatic N) is 1. The van der Waals surface area contributed by atoms with Crippen LogP contribution in [-0.4, -0.2) is 0 Å². The molecule has 1 heterocycles. The monoisotopic (exact) mass is 185 g/mol. The summed E-state index contributed by atoms with van der Waals surface area (Å²) in [4.78, 5) is 0. The highest BCUT2D eigenvalue weighted by Crippen LogP contribution is 1.99. The number of aromatic nitrogens is 1. The number of rotatable bonds is 2. The van der Waals surface area contributed by atoms with E-state index in [0.717, 1.165) is 12.2 Å². The molecule has 14 heavy (non-hydrogen) atoms. The van der Waals surface area contributed by atoms with Gasteiger partial charge in [-0.1, -0.05) is 30.3 Å². The summed E-state index contributed by atoms with van der Waals surface area (Å²) in [5.74, 6) is 0. The van der Waals surface area contributed by atoms with E-state index in [1.165, 1.54) is 5.56 Å². The molecule has 2 aromatic rings. The van der Waals surface area contributed by atoms with Crippen molar-refractivity contribution in [3.63, 3.8) is 0 Å². The van der Waals surface area contributed by atoms with Gasteiger partial charge in [0.15, 0.2) is 18.9 Å². The zero-order valence-electron chi connectivity index (χ0n) is 7.93. The van der Waals surface area contributed by atoms with Gasteiger partial charge in [-0.3, -0.25) is 0 Å². The largest absolute Gasteiger partial charge is 0.398 e. The number of nitrogen functional groups attached to an aromatic ring is 1. The van der Waals surface area contributed by atoms with Gasteiger partial charge in [0.1, 0.15) is 0 Å². The quantitative estimate of drug-likeness (QED) is 0.708. The average molecular weight is 185 g/mol. The molecular formula is C12H13N2+. The van der Waals surface area contributed by atoms with Crippen molar-refractivity contribution in [1.82, 2.24) is 0 Å². The molecule has 2 N–H and O–H groups in total. The van der Waals surface area contributed by atoms with Gasteiger partial charge in [-0.2, -0.15) is 0 Å². The minimum absolute atomic E-state index is 0.800. The first kappa shape index (κ1) is 8.75. The van der Waals surface area contributed by atoms with E-state index in [-0.39, 0.29) is 0 Å². The number of anilines is 1. The zero-order valence-corrected chi connectivity index (χ0v) is 7.93. The first-order valence-corrected chi connectivity index (χ1v) is 4.63. The Morgan fingerprint density at radius 1 is 0.929 bits per heavy atom. The van der Waals surface area contributed by atoms with Crippen LogP contribution in [0.4, 0.5) is 5.69 Å². The van der Waals surface area contributed by atoms with E-state index >= 15 is 0 Å². The fraction of sp³-hybridized carbons (Fsp3) is 0.0833. The van der Waals surface area contributed by atoms with Crippen molar-refractivity contribution < 1.29 is 4.57 Å². The van der Waals surface area contributed by atoms with Crippen LogP contribution in [0.5, 0.6) is 0 Å². The predicted molar refractivity (Wildman–Crippen MR) is 56.6 cm³/mol. The Morgan fingerprint density at radius 2 is 1.57 bits per heavy atom. The third kappa shape index (κ3) is 2.10. The standard InChI is InChI=1S/C12H12N2/c13-12-6-8-14(9-7-12)10-11-4-2-1-3-5-11/h1-9,13H,10H2/p+1. The van der Waals surface area contributed by atoms with Crippen molar-refractivity contribution >= 4 is 5.69 Å². The molecule has 0 atom stereocenters. The van der Waals surface area contributed by atoms with Crippen LogP contribution in [0.3, 0.4) is 0 Å². The molecule has 0 aliphatic carbocycles.